The van der Waals surface area contributed by atoms with Gasteiger partial charge in [0.05, 0.1) is 0 Å². The lowest BCUT2D eigenvalue weighted by Crippen LogP contribution is -2.55. The lowest BCUT2D eigenvalue weighted by molar-refractivity contribution is 1.34. The topological polar surface area (TPSA) is 0 Å². The molecule has 0 amide bonds. The Morgan fingerprint density at radius 2 is 1.00 bits per heavy atom. The SMILES string of the molecule is C1B2CB1C2. The van der Waals surface area contributed by atoms with Crippen molar-refractivity contribution >= 4 is 13.4 Å². The fraction of sp³-hybridized carbons (Fsp3) is 1.00. The molecule has 0 unspecified atom stereocenters. The van der Waals surface area contributed by atoms with Crippen molar-refractivity contribution in [1.29, 1.82) is 0 Å². The van der Waals surface area contributed by atoms with Gasteiger partial charge in [0, 0.05) is 0 Å². The van der Waals surface area contributed by atoms with E-state index in [0.717, 1.165) is 0 Å². The third-order valence-electron chi connectivity index (χ3n) is 2.00. The molecule has 0 N–H and O–H groups in total. The third-order valence-corrected chi connectivity index (χ3v) is 2.00. The van der Waals surface area contributed by atoms with E-state index in [-0.39, 0.29) is 0 Å². The van der Waals surface area contributed by atoms with E-state index < -0.39 is 0 Å². The van der Waals surface area contributed by atoms with Gasteiger partial charge in [-0.15, -0.1) is 0 Å². The Kier molecular flexibility index (Phi) is 0.226. The van der Waals surface area contributed by atoms with Crippen molar-refractivity contribution in [3.05, 3.63) is 0 Å². The third kappa shape index (κ3) is 0.127. The first kappa shape index (κ1) is 2.33. The number of hydrogen-bond acceptors (Lipinski definition) is 0. The van der Waals surface area contributed by atoms with Crippen LogP contribution < -0.4 is 0 Å². The van der Waals surface area contributed by atoms with Crippen LogP contribution in [-0.2, 0) is 0 Å². The lowest BCUT2D eigenvalue weighted by atomic mass is 8.89. The summed E-state index contributed by atoms with van der Waals surface area (Å²) in [5.74, 6) is 0. The van der Waals surface area contributed by atoms with Crippen LogP contribution in [0.3, 0.4) is 0 Å². The molecule has 3 fully saturated rings. The number of hydrogen-bond donors (Lipinski definition) is 0. The highest BCUT2D eigenvalue weighted by Gasteiger charge is 2.46. The minimum atomic E-state index is 1.21. The Bertz CT molecular complexity index is 41.6. The van der Waals surface area contributed by atoms with Crippen molar-refractivity contribution in [2.75, 3.05) is 0 Å². The molecular weight excluding hydrogens is 57.7 g/mol. The quantitative estimate of drug-likeness (QED) is 0.362. The molecule has 3 heterocycles. The van der Waals surface area contributed by atoms with Gasteiger partial charge in [-0.1, -0.05) is 18.7 Å². The molecule has 2 heteroatoms. The van der Waals surface area contributed by atoms with Crippen molar-refractivity contribution in [2.24, 2.45) is 0 Å². The highest BCUT2D eigenvalue weighted by atomic mass is 13.9. The summed E-state index contributed by atoms with van der Waals surface area (Å²) in [6.07, 6.45) is 4.75. The van der Waals surface area contributed by atoms with Gasteiger partial charge in [-0.2, -0.15) is 0 Å². The Labute approximate surface area is 33.1 Å². The van der Waals surface area contributed by atoms with Gasteiger partial charge in [-0.3, -0.25) is 0 Å². The van der Waals surface area contributed by atoms with Gasteiger partial charge in [0.2, 0.25) is 0 Å². The van der Waals surface area contributed by atoms with Crippen molar-refractivity contribution in [3.8, 4) is 0 Å². The Morgan fingerprint density at radius 1 is 0.800 bits per heavy atom. The second-order valence-electron chi connectivity index (χ2n) is 2.44. The van der Waals surface area contributed by atoms with Crippen LogP contribution in [0.2, 0.25) is 18.7 Å². The van der Waals surface area contributed by atoms with Crippen LogP contribution in [0.4, 0.5) is 0 Å². The molecule has 2 bridgehead atoms. The molecule has 0 spiro atoms. The average molecular weight is 63.7 g/mol. The average Bonchev–Trinajstić information content (AvgIpc) is 0.592. The summed E-state index contributed by atoms with van der Waals surface area (Å²) in [5.41, 5.74) is 0. The van der Waals surface area contributed by atoms with E-state index >= 15 is 0 Å². The van der Waals surface area contributed by atoms with Crippen molar-refractivity contribution in [2.45, 2.75) is 18.7 Å². The molecule has 0 saturated carbocycles. The van der Waals surface area contributed by atoms with Crippen molar-refractivity contribution in [3.63, 3.8) is 0 Å². The summed E-state index contributed by atoms with van der Waals surface area (Å²) >= 11 is 0. The van der Waals surface area contributed by atoms with E-state index in [0.29, 0.717) is 0 Å². The first-order chi connectivity index (χ1) is 2.45. The normalized spacial score (nSPS) is 28.8. The molecular formula is C3H6B2. The summed E-state index contributed by atoms with van der Waals surface area (Å²) in [7, 11) is 0. The standard InChI is InChI=1S/C3H6B2/c1-4-2-5(1)3-4/h1-3H2. The summed E-state index contributed by atoms with van der Waals surface area (Å²) in [4.78, 5) is 0. The minimum Gasteiger partial charge on any atom is -0.0970 e. The fourth-order valence-electron chi connectivity index (χ4n) is 1.21. The maximum absolute atomic E-state index is 1.58. The van der Waals surface area contributed by atoms with Gasteiger partial charge in [0.15, 0.2) is 0 Å². The van der Waals surface area contributed by atoms with Crippen LogP contribution in [0.25, 0.3) is 0 Å². The van der Waals surface area contributed by atoms with Crippen LogP contribution in [-0.4, -0.2) is 13.4 Å². The monoisotopic (exact) mass is 64.1 g/mol. The first-order valence-corrected chi connectivity index (χ1v) is 2.45. The van der Waals surface area contributed by atoms with Gasteiger partial charge in [0.25, 0.3) is 0 Å². The Hall–Kier alpha value is 0.130. The largest absolute Gasteiger partial charge is 0.117 e. The zero-order valence-corrected chi connectivity index (χ0v) is 3.28. The first-order valence-electron chi connectivity index (χ1n) is 2.45. The van der Waals surface area contributed by atoms with Crippen LogP contribution in [0, 0.1) is 0 Å². The predicted octanol–water partition coefficient (Wildman–Crippen LogP) is 0.621. The summed E-state index contributed by atoms with van der Waals surface area (Å²) in [6.45, 7) is 2.42. The molecule has 5 heavy (non-hydrogen) atoms. The van der Waals surface area contributed by atoms with Gasteiger partial charge in [0.1, 0.15) is 13.4 Å². The number of rotatable bonds is 0. The summed E-state index contributed by atoms with van der Waals surface area (Å²) in [5, 5.41) is 0. The van der Waals surface area contributed by atoms with Gasteiger partial charge < -0.3 is 0 Å². The summed E-state index contributed by atoms with van der Waals surface area (Å²) < 4.78 is 0. The lowest BCUT2D eigenvalue weighted by Gasteiger charge is -2.44. The van der Waals surface area contributed by atoms with Gasteiger partial charge >= 0.3 is 0 Å². The van der Waals surface area contributed by atoms with Crippen molar-refractivity contribution < 1.29 is 0 Å². The molecule has 0 aliphatic carbocycles. The zero-order valence-electron chi connectivity index (χ0n) is 3.28. The molecule has 0 aromatic carbocycles. The maximum atomic E-state index is 1.58. The molecule has 3 aliphatic heterocycles. The molecule has 0 atom stereocenters. The smallest absolute Gasteiger partial charge is 0.0970 e. The second kappa shape index (κ2) is 0.485. The van der Waals surface area contributed by atoms with E-state index in [1.54, 1.807) is 18.7 Å². The highest BCUT2D eigenvalue weighted by Crippen LogP contribution is 2.39. The van der Waals surface area contributed by atoms with Crippen LogP contribution in [0.5, 0.6) is 0 Å². The van der Waals surface area contributed by atoms with E-state index in [1.807, 2.05) is 0 Å². The zero-order chi connectivity index (χ0) is 3.28. The van der Waals surface area contributed by atoms with Crippen LogP contribution >= 0.6 is 0 Å². The van der Waals surface area contributed by atoms with Crippen LogP contribution in [0.1, 0.15) is 0 Å². The Morgan fingerprint density at radius 3 is 1.00 bits per heavy atom. The molecule has 3 saturated heterocycles. The van der Waals surface area contributed by atoms with E-state index in [2.05, 4.69) is 0 Å². The van der Waals surface area contributed by atoms with Gasteiger partial charge in [-0.05, 0) is 0 Å². The van der Waals surface area contributed by atoms with E-state index in [9.17, 15) is 0 Å². The van der Waals surface area contributed by atoms with Crippen molar-refractivity contribution in [1.82, 2.24) is 0 Å². The molecule has 3 aliphatic rings. The molecule has 0 nitrogen and oxygen atoms in total. The predicted molar refractivity (Wildman–Crippen MR) is 25.9 cm³/mol. The maximum Gasteiger partial charge on any atom is 0.117 e. The molecule has 3 rings (SSSR count). The Balaban J connectivity index is 2.19. The second-order valence-corrected chi connectivity index (χ2v) is 2.44. The molecule has 0 radical (unpaired) electrons. The fourth-order valence-corrected chi connectivity index (χ4v) is 1.21. The van der Waals surface area contributed by atoms with E-state index in [4.69, 9.17) is 0 Å². The molecule has 0 aromatic heterocycles. The van der Waals surface area contributed by atoms with E-state index in [1.165, 1.54) is 13.4 Å². The molecule has 0 aromatic rings. The van der Waals surface area contributed by atoms with Gasteiger partial charge in [-0.25, -0.2) is 0 Å². The highest BCUT2D eigenvalue weighted by molar-refractivity contribution is 7.11. The summed E-state index contributed by atoms with van der Waals surface area (Å²) in [6, 6.07) is 0. The molecule has 24 valence electrons. The minimum absolute atomic E-state index is 1.21. The van der Waals surface area contributed by atoms with Crippen LogP contribution in [0.15, 0.2) is 0 Å².